The fourth-order valence-electron chi connectivity index (χ4n) is 2.60. The number of carbonyl (C=O) groups is 2. The van der Waals surface area contributed by atoms with Crippen LogP contribution in [0.25, 0.3) is 0 Å². The first kappa shape index (κ1) is 19.9. The highest BCUT2D eigenvalue weighted by Crippen LogP contribution is 2.22. The lowest BCUT2D eigenvalue weighted by molar-refractivity contribution is 0.101. The van der Waals surface area contributed by atoms with E-state index in [-0.39, 0.29) is 16.8 Å². The zero-order chi connectivity index (χ0) is 20.1. The summed E-state index contributed by atoms with van der Waals surface area (Å²) in [6.07, 6.45) is 0.927. The molecule has 0 saturated carbocycles. The van der Waals surface area contributed by atoms with Gasteiger partial charge >= 0.3 is 0 Å². The molecule has 3 aromatic carbocycles. The highest BCUT2D eigenvalue weighted by atomic mass is 35.5. The van der Waals surface area contributed by atoms with Gasteiger partial charge < -0.3 is 10.6 Å². The summed E-state index contributed by atoms with van der Waals surface area (Å²) in [4.78, 5) is 24.7. The summed E-state index contributed by atoms with van der Waals surface area (Å²) in [5.41, 5.74) is 3.32. The standard InChI is InChI=1S/C22H18Cl2N2O2/c1-2-14-3-5-15(6-4-14)21(27)25-17-8-10-18(11-9-17)26-22(28)19-12-7-16(23)13-20(19)24/h3-13H,2H2,1H3,(H,25,27)(H,26,28). The molecule has 0 aromatic heterocycles. The molecule has 0 aliphatic heterocycles. The number of amides is 2. The van der Waals surface area contributed by atoms with Crippen LogP contribution in [-0.4, -0.2) is 11.8 Å². The fraction of sp³-hybridized carbons (Fsp3) is 0.0909. The number of aryl methyl sites for hydroxylation is 1. The smallest absolute Gasteiger partial charge is 0.257 e. The molecule has 3 rings (SSSR count). The molecule has 2 N–H and O–H groups in total. The van der Waals surface area contributed by atoms with Crippen LogP contribution in [0.4, 0.5) is 11.4 Å². The predicted octanol–water partition coefficient (Wildman–Crippen LogP) is 6.06. The molecular weight excluding hydrogens is 395 g/mol. The number of hydrogen-bond acceptors (Lipinski definition) is 2. The number of hydrogen-bond donors (Lipinski definition) is 2. The molecule has 2 amide bonds. The minimum absolute atomic E-state index is 0.188. The molecule has 28 heavy (non-hydrogen) atoms. The second-order valence-corrected chi connectivity index (χ2v) is 7.00. The number of rotatable bonds is 5. The van der Waals surface area contributed by atoms with Crippen LogP contribution in [0.2, 0.25) is 10.0 Å². The maximum absolute atomic E-state index is 12.3. The molecule has 0 heterocycles. The largest absolute Gasteiger partial charge is 0.322 e. The van der Waals surface area contributed by atoms with Crippen molar-refractivity contribution < 1.29 is 9.59 Å². The lowest BCUT2D eigenvalue weighted by atomic mass is 10.1. The molecule has 0 fully saturated rings. The Morgan fingerprint density at radius 2 is 1.36 bits per heavy atom. The average molecular weight is 413 g/mol. The summed E-state index contributed by atoms with van der Waals surface area (Å²) in [6, 6.07) is 19.0. The van der Waals surface area contributed by atoms with Crippen molar-refractivity contribution in [1.82, 2.24) is 0 Å². The molecule has 0 aliphatic carbocycles. The van der Waals surface area contributed by atoms with Crippen molar-refractivity contribution in [3.63, 3.8) is 0 Å². The maximum atomic E-state index is 12.3. The maximum Gasteiger partial charge on any atom is 0.257 e. The van der Waals surface area contributed by atoms with Crippen LogP contribution in [0, 0.1) is 0 Å². The van der Waals surface area contributed by atoms with E-state index in [0.717, 1.165) is 6.42 Å². The Balaban J connectivity index is 1.64. The predicted molar refractivity (Wildman–Crippen MR) is 115 cm³/mol. The minimum atomic E-state index is -0.338. The van der Waals surface area contributed by atoms with Crippen molar-refractivity contribution >= 4 is 46.4 Å². The van der Waals surface area contributed by atoms with Gasteiger partial charge in [0.25, 0.3) is 11.8 Å². The highest BCUT2D eigenvalue weighted by molar-refractivity contribution is 6.37. The van der Waals surface area contributed by atoms with Crippen LogP contribution in [0.15, 0.2) is 66.7 Å². The van der Waals surface area contributed by atoms with Crippen molar-refractivity contribution in [3.8, 4) is 0 Å². The Morgan fingerprint density at radius 3 is 1.89 bits per heavy atom. The zero-order valence-corrected chi connectivity index (χ0v) is 16.6. The van der Waals surface area contributed by atoms with Crippen molar-refractivity contribution in [2.24, 2.45) is 0 Å². The van der Waals surface area contributed by atoms with E-state index in [0.29, 0.717) is 27.5 Å². The van der Waals surface area contributed by atoms with Crippen LogP contribution < -0.4 is 10.6 Å². The van der Waals surface area contributed by atoms with Gasteiger partial charge in [-0.1, -0.05) is 42.3 Å². The van der Waals surface area contributed by atoms with Crippen LogP contribution in [0.3, 0.4) is 0 Å². The van der Waals surface area contributed by atoms with Crippen LogP contribution in [0.1, 0.15) is 33.2 Å². The molecule has 0 atom stereocenters. The second-order valence-electron chi connectivity index (χ2n) is 6.16. The number of carbonyl (C=O) groups excluding carboxylic acids is 2. The SMILES string of the molecule is CCc1ccc(C(=O)Nc2ccc(NC(=O)c3ccc(Cl)cc3Cl)cc2)cc1. The van der Waals surface area contributed by atoms with Gasteiger partial charge in [0.2, 0.25) is 0 Å². The van der Waals surface area contributed by atoms with E-state index in [1.54, 1.807) is 48.5 Å². The first-order valence-electron chi connectivity index (χ1n) is 8.73. The number of nitrogens with one attached hydrogen (secondary N) is 2. The molecule has 6 heteroatoms. The number of benzene rings is 3. The summed E-state index contributed by atoms with van der Waals surface area (Å²) in [6.45, 7) is 2.07. The van der Waals surface area contributed by atoms with Gasteiger partial charge in [-0.15, -0.1) is 0 Å². The Hall–Kier alpha value is -2.82. The summed E-state index contributed by atoms with van der Waals surface area (Å²) in [5, 5.41) is 6.34. The molecule has 0 spiro atoms. The van der Waals surface area contributed by atoms with Crippen molar-refractivity contribution in [1.29, 1.82) is 0 Å². The van der Waals surface area contributed by atoms with Gasteiger partial charge in [-0.25, -0.2) is 0 Å². The molecular formula is C22H18Cl2N2O2. The Morgan fingerprint density at radius 1 is 0.786 bits per heavy atom. The van der Waals surface area contributed by atoms with Crippen LogP contribution >= 0.6 is 23.2 Å². The van der Waals surface area contributed by atoms with Crippen LogP contribution in [0.5, 0.6) is 0 Å². The zero-order valence-electron chi connectivity index (χ0n) is 15.1. The van der Waals surface area contributed by atoms with Crippen molar-refractivity contribution in [2.45, 2.75) is 13.3 Å². The van der Waals surface area contributed by atoms with E-state index < -0.39 is 0 Å². The topological polar surface area (TPSA) is 58.2 Å². The Labute approximate surface area is 173 Å². The quantitative estimate of drug-likeness (QED) is 0.534. The van der Waals surface area contributed by atoms with Gasteiger partial charge in [-0.3, -0.25) is 9.59 Å². The molecule has 0 saturated heterocycles. The minimum Gasteiger partial charge on any atom is -0.322 e. The average Bonchev–Trinajstić information content (AvgIpc) is 2.69. The summed E-state index contributed by atoms with van der Waals surface area (Å²) >= 11 is 11.9. The van der Waals surface area contributed by atoms with E-state index in [2.05, 4.69) is 17.6 Å². The molecule has 0 unspecified atom stereocenters. The number of anilines is 2. The third-order valence-electron chi connectivity index (χ3n) is 4.20. The third kappa shape index (κ3) is 4.91. The van der Waals surface area contributed by atoms with E-state index in [4.69, 9.17) is 23.2 Å². The fourth-order valence-corrected chi connectivity index (χ4v) is 3.10. The normalized spacial score (nSPS) is 10.4. The highest BCUT2D eigenvalue weighted by Gasteiger charge is 2.11. The van der Waals surface area contributed by atoms with Gasteiger partial charge in [0.05, 0.1) is 10.6 Å². The molecule has 3 aromatic rings. The van der Waals surface area contributed by atoms with Crippen molar-refractivity contribution in [2.75, 3.05) is 10.6 Å². The molecule has 4 nitrogen and oxygen atoms in total. The monoisotopic (exact) mass is 412 g/mol. The lowest BCUT2D eigenvalue weighted by Crippen LogP contribution is -2.13. The second kappa shape index (κ2) is 8.91. The van der Waals surface area contributed by atoms with Gasteiger partial charge in [-0.05, 0) is 66.6 Å². The number of halogens is 2. The molecule has 142 valence electrons. The summed E-state index contributed by atoms with van der Waals surface area (Å²) < 4.78 is 0. The molecule has 0 bridgehead atoms. The third-order valence-corrected chi connectivity index (χ3v) is 4.75. The summed E-state index contributed by atoms with van der Waals surface area (Å²) in [7, 11) is 0. The van der Waals surface area contributed by atoms with E-state index in [9.17, 15) is 9.59 Å². The van der Waals surface area contributed by atoms with Gasteiger partial charge in [0, 0.05) is 22.0 Å². The van der Waals surface area contributed by atoms with Crippen LogP contribution in [-0.2, 0) is 6.42 Å². The lowest BCUT2D eigenvalue weighted by Gasteiger charge is -2.09. The Kier molecular flexibility index (Phi) is 6.34. The van der Waals surface area contributed by atoms with Gasteiger partial charge in [-0.2, -0.15) is 0 Å². The van der Waals surface area contributed by atoms with Gasteiger partial charge in [0.15, 0.2) is 0 Å². The molecule has 0 aliphatic rings. The van der Waals surface area contributed by atoms with E-state index in [1.807, 2.05) is 12.1 Å². The molecule has 0 radical (unpaired) electrons. The summed E-state index contributed by atoms with van der Waals surface area (Å²) in [5.74, 6) is -0.526. The van der Waals surface area contributed by atoms with E-state index >= 15 is 0 Å². The van der Waals surface area contributed by atoms with Gasteiger partial charge in [0.1, 0.15) is 0 Å². The van der Waals surface area contributed by atoms with E-state index in [1.165, 1.54) is 11.6 Å². The van der Waals surface area contributed by atoms with Crippen molar-refractivity contribution in [3.05, 3.63) is 93.5 Å². The Bertz CT molecular complexity index is 1000. The first-order valence-corrected chi connectivity index (χ1v) is 9.48. The first-order chi connectivity index (χ1) is 13.5.